The molecule has 0 radical (unpaired) electrons. The fraction of sp³-hybridized carbons (Fsp3) is 0.500. The Balaban J connectivity index is 1.69. The summed E-state index contributed by atoms with van der Waals surface area (Å²) in [7, 11) is 0. The summed E-state index contributed by atoms with van der Waals surface area (Å²) in [6, 6.07) is 7.02. The minimum Gasteiger partial charge on any atom is -0.382 e. The highest BCUT2D eigenvalue weighted by molar-refractivity contribution is 6.24. The number of ketones is 2. The van der Waals surface area contributed by atoms with Crippen LogP contribution in [0.1, 0.15) is 79.0 Å². The lowest BCUT2D eigenvalue weighted by Crippen LogP contribution is -2.27. The van der Waals surface area contributed by atoms with Crippen molar-refractivity contribution in [3.05, 3.63) is 47.2 Å². The number of carbonyl (C=O) groups is 2. The Morgan fingerprint density at radius 2 is 1.43 bits per heavy atom. The van der Waals surface area contributed by atoms with Crippen LogP contribution in [0.15, 0.2) is 36.0 Å². The number of allylic oxidation sites excluding steroid dienone is 2. The zero-order valence-electron chi connectivity index (χ0n) is 14.1. The highest BCUT2D eigenvalue weighted by Crippen LogP contribution is 2.19. The number of carbonyl (C=O) groups excluding carboxylic acids is 2. The molecular formula is C20H27NO2. The van der Waals surface area contributed by atoms with E-state index < -0.39 is 0 Å². The largest absolute Gasteiger partial charge is 0.382 e. The van der Waals surface area contributed by atoms with E-state index in [-0.39, 0.29) is 11.6 Å². The van der Waals surface area contributed by atoms with E-state index in [1.54, 1.807) is 24.3 Å². The van der Waals surface area contributed by atoms with Gasteiger partial charge in [-0.1, -0.05) is 76.1 Å². The number of Topliss-reactive ketones (excluding diaryl/α,β-unsaturated/α-hetero) is 1. The Morgan fingerprint density at radius 1 is 0.826 bits per heavy atom. The van der Waals surface area contributed by atoms with Crippen molar-refractivity contribution in [1.82, 2.24) is 5.32 Å². The van der Waals surface area contributed by atoms with Crippen LogP contribution < -0.4 is 5.32 Å². The van der Waals surface area contributed by atoms with E-state index >= 15 is 0 Å². The molecule has 1 aromatic rings. The Labute approximate surface area is 139 Å². The fourth-order valence-electron chi connectivity index (χ4n) is 2.93. The van der Waals surface area contributed by atoms with Crippen LogP contribution in [0.5, 0.6) is 0 Å². The molecule has 124 valence electrons. The summed E-state index contributed by atoms with van der Waals surface area (Å²) in [4.78, 5) is 24.4. The minimum atomic E-state index is -0.0846. The molecule has 0 atom stereocenters. The van der Waals surface area contributed by atoms with Gasteiger partial charge in [-0.25, -0.2) is 0 Å². The average molecular weight is 313 g/mol. The Morgan fingerprint density at radius 3 is 2.13 bits per heavy atom. The first-order chi connectivity index (χ1) is 11.2. The molecule has 3 nitrogen and oxygen atoms in total. The van der Waals surface area contributed by atoms with E-state index in [1.807, 2.05) is 0 Å². The van der Waals surface area contributed by atoms with Crippen molar-refractivity contribution in [1.29, 1.82) is 0 Å². The van der Waals surface area contributed by atoms with Crippen molar-refractivity contribution >= 4 is 11.6 Å². The third-order valence-corrected chi connectivity index (χ3v) is 4.30. The molecule has 3 heteroatoms. The second-order valence-electron chi connectivity index (χ2n) is 6.20. The lowest BCUT2D eigenvalue weighted by atomic mass is 9.93. The van der Waals surface area contributed by atoms with E-state index in [9.17, 15) is 9.59 Å². The highest BCUT2D eigenvalue weighted by atomic mass is 16.1. The molecule has 0 bridgehead atoms. The van der Waals surface area contributed by atoms with Gasteiger partial charge < -0.3 is 5.32 Å². The van der Waals surface area contributed by atoms with Gasteiger partial charge in [0.1, 0.15) is 0 Å². The first-order valence-electron chi connectivity index (χ1n) is 8.87. The lowest BCUT2D eigenvalue weighted by Gasteiger charge is -2.16. The van der Waals surface area contributed by atoms with Crippen LogP contribution in [0.25, 0.3) is 0 Å². The van der Waals surface area contributed by atoms with Crippen molar-refractivity contribution in [2.75, 3.05) is 6.54 Å². The smallest absolute Gasteiger partial charge is 0.209 e. The predicted octanol–water partition coefficient (Wildman–Crippen LogP) is 4.68. The molecule has 1 aromatic carbocycles. The van der Waals surface area contributed by atoms with Crippen LogP contribution in [-0.4, -0.2) is 18.1 Å². The van der Waals surface area contributed by atoms with E-state index in [0.717, 1.165) is 13.0 Å². The van der Waals surface area contributed by atoms with Gasteiger partial charge >= 0.3 is 0 Å². The van der Waals surface area contributed by atoms with Gasteiger partial charge in [-0.05, 0) is 6.42 Å². The summed E-state index contributed by atoms with van der Waals surface area (Å²) in [5, 5.41) is 3.14. The molecule has 0 saturated heterocycles. The van der Waals surface area contributed by atoms with Gasteiger partial charge in [-0.15, -0.1) is 0 Å². The van der Waals surface area contributed by atoms with Crippen LogP contribution in [0.3, 0.4) is 0 Å². The molecular weight excluding hydrogens is 286 g/mol. The zero-order chi connectivity index (χ0) is 16.5. The highest BCUT2D eigenvalue weighted by Gasteiger charge is 2.24. The Hall–Kier alpha value is -1.90. The minimum absolute atomic E-state index is 0.0697. The van der Waals surface area contributed by atoms with Gasteiger partial charge in [0, 0.05) is 23.7 Å². The van der Waals surface area contributed by atoms with Crippen LogP contribution in [0.2, 0.25) is 0 Å². The quantitative estimate of drug-likeness (QED) is 0.638. The Bertz CT molecular complexity index is 575. The maximum atomic E-state index is 12.3. The first kappa shape index (κ1) is 17.5. The first-order valence-corrected chi connectivity index (χ1v) is 8.87. The van der Waals surface area contributed by atoms with Crippen molar-refractivity contribution in [2.45, 2.75) is 58.3 Å². The molecule has 1 aliphatic rings. The Kier molecular flexibility index (Phi) is 7.05. The third kappa shape index (κ3) is 5.05. The maximum Gasteiger partial charge on any atom is 0.209 e. The number of fused-ring (bicyclic) bond motifs is 1. The molecule has 0 spiro atoms. The molecule has 2 rings (SSSR count). The lowest BCUT2D eigenvalue weighted by molar-refractivity contribution is 0.0978. The van der Waals surface area contributed by atoms with Crippen LogP contribution >= 0.6 is 0 Å². The molecule has 0 aromatic heterocycles. The van der Waals surface area contributed by atoms with E-state index in [0.29, 0.717) is 16.8 Å². The molecule has 0 heterocycles. The summed E-state index contributed by atoms with van der Waals surface area (Å²) < 4.78 is 0. The molecule has 1 aliphatic carbocycles. The normalized spacial score (nSPS) is 13.7. The van der Waals surface area contributed by atoms with Crippen LogP contribution in [0, 0.1) is 0 Å². The topological polar surface area (TPSA) is 46.2 Å². The van der Waals surface area contributed by atoms with Gasteiger partial charge in [0.25, 0.3) is 0 Å². The van der Waals surface area contributed by atoms with E-state index in [2.05, 4.69) is 12.2 Å². The van der Waals surface area contributed by atoms with Crippen LogP contribution in [0.4, 0.5) is 0 Å². The van der Waals surface area contributed by atoms with Gasteiger partial charge in [-0.3, -0.25) is 9.59 Å². The van der Waals surface area contributed by atoms with Crippen molar-refractivity contribution < 1.29 is 9.59 Å². The van der Waals surface area contributed by atoms with E-state index in [1.165, 1.54) is 51.0 Å². The summed E-state index contributed by atoms with van der Waals surface area (Å²) in [6.45, 7) is 2.98. The summed E-state index contributed by atoms with van der Waals surface area (Å²) >= 11 is 0. The fourth-order valence-corrected chi connectivity index (χ4v) is 2.93. The standard InChI is InChI=1S/C20H27NO2/c1-2-3-4-5-6-7-8-11-14-21-18-15-19(22)16-12-9-10-13-17(16)20(18)23/h9-10,12-13,15,21H,2-8,11,14H2,1H3. The summed E-state index contributed by atoms with van der Waals surface area (Å²) in [5.74, 6) is -0.154. The second kappa shape index (κ2) is 9.29. The SMILES string of the molecule is CCCCCCCCCCNC1=CC(=O)c2ccccc2C1=O. The number of rotatable bonds is 10. The number of unbranched alkanes of at least 4 members (excludes halogenated alkanes) is 7. The number of nitrogens with one attached hydrogen (secondary N) is 1. The monoisotopic (exact) mass is 313 g/mol. The van der Waals surface area contributed by atoms with Gasteiger partial charge in [0.15, 0.2) is 5.78 Å². The van der Waals surface area contributed by atoms with Gasteiger partial charge in [-0.2, -0.15) is 0 Å². The molecule has 1 N–H and O–H groups in total. The number of benzene rings is 1. The van der Waals surface area contributed by atoms with Crippen molar-refractivity contribution in [3.8, 4) is 0 Å². The molecule has 23 heavy (non-hydrogen) atoms. The molecule has 0 saturated carbocycles. The van der Waals surface area contributed by atoms with E-state index in [4.69, 9.17) is 0 Å². The van der Waals surface area contributed by atoms with Gasteiger partial charge in [0.2, 0.25) is 5.78 Å². The maximum absolute atomic E-state index is 12.3. The molecule has 0 amide bonds. The zero-order valence-corrected chi connectivity index (χ0v) is 14.1. The van der Waals surface area contributed by atoms with Crippen molar-refractivity contribution in [3.63, 3.8) is 0 Å². The molecule has 0 unspecified atom stereocenters. The second-order valence-corrected chi connectivity index (χ2v) is 6.20. The average Bonchev–Trinajstić information content (AvgIpc) is 2.57. The number of hydrogen-bond donors (Lipinski definition) is 1. The van der Waals surface area contributed by atoms with Crippen LogP contribution in [-0.2, 0) is 0 Å². The van der Waals surface area contributed by atoms with Crippen molar-refractivity contribution in [2.24, 2.45) is 0 Å². The molecule has 0 fully saturated rings. The molecule has 0 aliphatic heterocycles. The number of hydrogen-bond acceptors (Lipinski definition) is 3. The van der Waals surface area contributed by atoms with Gasteiger partial charge in [0.05, 0.1) is 5.70 Å². The summed E-state index contributed by atoms with van der Waals surface area (Å²) in [5.41, 5.74) is 1.46. The summed E-state index contributed by atoms with van der Waals surface area (Å²) in [6.07, 6.45) is 11.5. The third-order valence-electron chi connectivity index (χ3n) is 4.30. The predicted molar refractivity (Wildman–Crippen MR) is 93.8 cm³/mol.